The lowest BCUT2D eigenvalue weighted by Gasteiger charge is -2.10. The molecule has 1 rings (SSSR count). The fraction of sp³-hybridized carbons (Fsp3) is 0.889. The first-order valence-electron chi connectivity index (χ1n) is 5.03. The molecule has 13 heavy (non-hydrogen) atoms. The van der Waals surface area contributed by atoms with Crippen LogP contribution in [0.25, 0.3) is 0 Å². The van der Waals surface area contributed by atoms with Gasteiger partial charge < -0.3 is 16.0 Å². The van der Waals surface area contributed by atoms with Gasteiger partial charge in [0.2, 0.25) is 5.91 Å². The minimum absolute atomic E-state index is 0.140. The van der Waals surface area contributed by atoms with E-state index < -0.39 is 0 Å². The van der Waals surface area contributed by atoms with E-state index >= 15 is 0 Å². The summed E-state index contributed by atoms with van der Waals surface area (Å²) < 4.78 is 0. The van der Waals surface area contributed by atoms with Crippen LogP contribution in [0.3, 0.4) is 0 Å². The maximum Gasteiger partial charge on any atom is 0.221 e. The topological polar surface area (TPSA) is 53.2 Å². The second-order valence-electron chi connectivity index (χ2n) is 3.35. The monoisotopic (exact) mass is 185 g/mol. The highest BCUT2D eigenvalue weighted by Gasteiger charge is 2.13. The number of nitrogens with one attached hydrogen (secondary N) is 3. The Labute approximate surface area is 79.5 Å². The van der Waals surface area contributed by atoms with Crippen LogP contribution in [0, 0.1) is 0 Å². The molecule has 76 valence electrons. The highest BCUT2D eigenvalue weighted by atomic mass is 16.1. The Bertz CT molecular complexity index is 155. The quantitative estimate of drug-likeness (QED) is 0.539. The van der Waals surface area contributed by atoms with Gasteiger partial charge in [0, 0.05) is 32.1 Å². The van der Waals surface area contributed by atoms with Crippen molar-refractivity contribution in [2.45, 2.75) is 25.8 Å². The SMILES string of the molecule is CCNC(=O)CCNC1CCNC1. The molecule has 4 nitrogen and oxygen atoms in total. The lowest BCUT2D eigenvalue weighted by atomic mass is 10.2. The summed E-state index contributed by atoms with van der Waals surface area (Å²) >= 11 is 0. The molecule has 1 aliphatic heterocycles. The van der Waals surface area contributed by atoms with Gasteiger partial charge in [0.1, 0.15) is 0 Å². The van der Waals surface area contributed by atoms with Crippen LogP contribution in [0.2, 0.25) is 0 Å². The molecule has 0 spiro atoms. The third kappa shape index (κ3) is 4.24. The summed E-state index contributed by atoms with van der Waals surface area (Å²) in [5, 5.41) is 9.40. The third-order valence-corrected chi connectivity index (χ3v) is 2.22. The number of carbonyl (C=O) groups is 1. The fourth-order valence-corrected chi connectivity index (χ4v) is 1.50. The van der Waals surface area contributed by atoms with Crippen LogP contribution in [0.4, 0.5) is 0 Å². The number of hydrogen-bond acceptors (Lipinski definition) is 3. The summed E-state index contributed by atoms with van der Waals surface area (Å²) in [6, 6.07) is 0.564. The van der Waals surface area contributed by atoms with E-state index in [0.717, 1.165) is 26.2 Å². The van der Waals surface area contributed by atoms with Crippen LogP contribution in [-0.4, -0.2) is 38.1 Å². The Hall–Kier alpha value is -0.610. The van der Waals surface area contributed by atoms with Crippen LogP contribution in [0.5, 0.6) is 0 Å². The standard InChI is InChI=1S/C9H19N3O/c1-2-11-9(13)4-6-12-8-3-5-10-7-8/h8,10,12H,2-7H2,1H3,(H,11,13). The Morgan fingerprint density at radius 1 is 1.62 bits per heavy atom. The van der Waals surface area contributed by atoms with Crippen LogP contribution >= 0.6 is 0 Å². The highest BCUT2D eigenvalue weighted by Crippen LogP contribution is 1.96. The third-order valence-electron chi connectivity index (χ3n) is 2.22. The zero-order valence-corrected chi connectivity index (χ0v) is 8.23. The predicted molar refractivity (Wildman–Crippen MR) is 52.6 cm³/mol. The van der Waals surface area contributed by atoms with Crippen molar-refractivity contribution in [3.63, 3.8) is 0 Å². The van der Waals surface area contributed by atoms with Crippen molar-refractivity contribution < 1.29 is 4.79 Å². The molecule has 0 aromatic rings. The van der Waals surface area contributed by atoms with Gasteiger partial charge in [0.05, 0.1) is 0 Å². The van der Waals surface area contributed by atoms with E-state index in [1.54, 1.807) is 0 Å². The van der Waals surface area contributed by atoms with Crippen molar-refractivity contribution in [1.29, 1.82) is 0 Å². The maximum atomic E-state index is 11.1. The van der Waals surface area contributed by atoms with Gasteiger partial charge in [-0.25, -0.2) is 0 Å². The van der Waals surface area contributed by atoms with E-state index in [1.165, 1.54) is 6.42 Å². The van der Waals surface area contributed by atoms with E-state index in [4.69, 9.17) is 0 Å². The van der Waals surface area contributed by atoms with Crippen molar-refractivity contribution in [2.24, 2.45) is 0 Å². The van der Waals surface area contributed by atoms with Gasteiger partial charge in [0.15, 0.2) is 0 Å². The Morgan fingerprint density at radius 3 is 3.08 bits per heavy atom. The summed E-state index contributed by atoms with van der Waals surface area (Å²) in [6.07, 6.45) is 1.76. The molecule has 0 saturated carbocycles. The molecule has 1 saturated heterocycles. The smallest absolute Gasteiger partial charge is 0.221 e. The molecule has 0 aromatic carbocycles. The summed E-state index contributed by atoms with van der Waals surface area (Å²) in [7, 11) is 0. The molecule has 4 heteroatoms. The van der Waals surface area contributed by atoms with Crippen molar-refractivity contribution >= 4 is 5.91 Å². The molecule has 0 bridgehead atoms. The molecule has 1 unspecified atom stereocenters. The van der Waals surface area contributed by atoms with Gasteiger partial charge in [-0.15, -0.1) is 0 Å². The zero-order valence-electron chi connectivity index (χ0n) is 8.23. The number of hydrogen-bond donors (Lipinski definition) is 3. The molecule has 1 atom stereocenters. The average molecular weight is 185 g/mol. The number of carbonyl (C=O) groups excluding carboxylic acids is 1. The minimum Gasteiger partial charge on any atom is -0.356 e. The van der Waals surface area contributed by atoms with E-state index in [1.807, 2.05) is 6.92 Å². The van der Waals surface area contributed by atoms with Crippen molar-refractivity contribution in [2.75, 3.05) is 26.2 Å². The van der Waals surface area contributed by atoms with Crippen LogP contribution in [0.1, 0.15) is 19.8 Å². The Balaban J connectivity index is 1.96. The predicted octanol–water partition coefficient (Wildman–Crippen LogP) is -0.536. The van der Waals surface area contributed by atoms with Gasteiger partial charge in [-0.1, -0.05) is 0 Å². The second kappa shape index (κ2) is 5.94. The summed E-state index contributed by atoms with van der Waals surface area (Å²) in [5.74, 6) is 0.140. The molecule has 1 aliphatic rings. The lowest BCUT2D eigenvalue weighted by Crippen LogP contribution is -2.34. The van der Waals surface area contributed by atoms with Crippen LogP contribution in [0.15, 0.2) is 0 Å². The van der Waals surface area contributed by atoms with Gasteiger partial charge >= 0.3 is 0 Å². The molecular weight excluding hydrogens is 166 g/mol. The molecule has 1 amide bonds. The van der Waals surface area contributed by atoms with Crippen LogP contribution < -0.4 is 16.0 Å². The Morgan fingerprint density at radius 2 is 2.46 bits per heavy atom. The van der Waals surface area contributed by atoms with Crippen LogP contribution in [-0.2, 0) is 4.79 Å². The molecule has 0 aliphatic carbocycles. The molecule has 3 N–H and O–H groups in total. The Kier molecular flexibility index (Phi) is 4.78. The first-order chi connectivity index (χ1) is 6.33. The minimum atomic E-state index is 0.140. The first-order valence-corrected chi connectivity index (χ1v) is 5.03. The largest absolute Gasteiger partial charge is 0.356 e. The maximum absolute atomic E-state index is 11.1. The number of rotatable bonds is 5. The zero-order chi connectivity index (χ0) is 9.52. The van der Waals surface area contributed by atoms with Gasteiger partial charge in [-0.05, 0) is 19.9 Å². The lowest BCUT2D eigenvalue weighted by molar-refractivity contribution is -0.120. The van der Waals surface area contributed by atoms with E-state index in [-0.39, 0.29) is 5.91 Å². The van der Waals surface area contributed by atoms with E-state index in [2.05, 4.69) is 16.0 Å². The number of amides is 1. The highest BCUT2D eigenvalue weighted by molar-refractivity contribution is 5.75. The normalized spacial score (nSPS) is 21.8. The summed E-state index contributed by atoms with van der Waals surface area (Å²) in [4.78, 5) is 11.1. The molecule has 1 heterocycles. The summed E-state index contributed by atoms with van der Waals surface area (Å²) in [6.45, 7) is 5.59. The van der Waals surface area contributed by atoms with Gasteiger partial charge in [-0.3, -0.25) is 4.79 Å². The molecule has 1 fully saturated rings. The van der Waals surface area contributed by atoms with Gasteiger partial charge in [0.25, 0.3) is 0 Å². The molecule has 0 radical (unpaired) electrons. The van der Waals surface area contributed by atoms with Crippen molar-refractivity contribution in [3.05, 3.63) is 0 Å². The molecular formula is C9H19N3O. The van der Waals surface area contributed by atoms with Gasteiger partial charge in [-0.2, -0.15) is 0 Å². The van der Waals surface area contributed by atoms with E-state index in [0.29, 0.717) is 12.5 Å². The second-order valence-corrected chi connectivity index (χ2v) is 3.35. The van der Waals surface area contributed by atoms with E-state index in [9.17, 15) is 4.79 Å². The first kappa shape index (κ1) is 10.5. The summed E-state index contributed by atoms with van der Waals surface area (Å²) in [5.41, 5.74) is 0. The fourth-order valence-electron chi connectivity index (χ4n) is 1.50. The van der Waals surface area contributed by atoms with Crippen molar-refractivity contribution in [1.82, 2.24) is 16.0 Å². The average Bonchev–Trinajstić information content (AvgIpc) is 2.57. The molecule has 0 aromatic heterocycles. The van der Waals surface area contributed by atoms with Crippen molar-refractivity contribution in [3.8, 4) is 0 Å².